The Morgan fingerprint density at radius 3 is 2.40 bits per heavy atom. The fraction of sp³-hybridized carbons (Fsp3) is 0.235. The summed E-state index contributed by atoms with van der Waals surface area (Å²) in [4.78, 5) is 11.8. The quantitative estimate of drug-likeness (QED) is 0.801. The minimum Gasteiger partial charge on any atom is -0.497 e. The molecule has 8 heteroatoms. The molecule has 2 rings (SSSR count). The largest absolute Gasteiger partial charge is 0.573 e. The number of amides is 1. The highest BCUT2D eigenvalue weighted by atomic mass is 19.4. The lowest BCUT2D eigenvalue weighted by Crippen LogP contribution is -2.29. The van der Waals surface area contributed by atoms with Crippen LogP contribution in [-0.2, 0) is 11.3 Å². The molecule has 0 spiro atoms. The molecule has 1 amide bonds. The van der Waals surface area contributed by atoms with Gasteiger partial charge in [0.25, 0.3) is 0 Å². The van der Waals surface area contributed by atoms with E-state index in [0.29, 0.717) is 12.3 Å². The summed E-state index contributed by atoms with van der Waals surface area (Å²) in [7, 11) is 1.56. The number of benzene rings is 2. The van der Waals surface area contributed by atoms with Crippen LogP contribution in [0.4, 0.5) is 18.9 Å². The molecule has 2 N–H and O–H groups in total. The van der Waals surface area contributed by atoms with Crippen LogP contribution in [0.3, 0.4) is 0 Å². The van der Waals surface area contributed by atoms with Crippen LogP contribution in [0.1, 0.15) is 5.56 Å². The van der Waals surface area contributed by atoms with Crippen molar-refractivity contribution in [1.82, 2.24) is 5.32 Å². The zero-order chi connectivity index (χ0) is 18.3. The molecule has 0 saturated heterocycles. The first-order valence-corrected chi connectivity index (χ1v) is 7.35. The number of nitrogens with one attached hydrogen (secondary N) is 2. The number of carbonyl (C=O) groups is 1. The van der Waals surface area contributed by atoms with Crippen molar-refractivity contribution < 1.29 is 27.4 Å². The fourth-order valence-corrected chi connectivity index (χ4v) is 2.01. The van der Waals surface area contributed by atoms with Crippen molar-refractivity contribution in [3.63, 3.8) is 0 Å². The second-order valence-corrected chi connectivity index (χ2v) is 5.02. The van der Waals surface area contributed by atoms with E-state index in [1.54, 1.807) is 37.4 Å². The zero-order valence-electron chi connectivity index (χ0n) is 13.4. The molecule has 0 aromatic heterocycles. The summed E-state index contributed by atoms with van der Waals surface area (Å²) in [5.74, 6) is -0.0476. The first-order chi connectivity index (χ1) is 11.9. The molecule has 2 aromatic rings. The molecule has 5 nitrogen and oxygen atoms in total. The first kappa shape index (κ1) is 18.4. The third kappa shape index (κ3) is 6.25. The Balaban J connectivity index is 1.85. The van der Waals surface area contributed by atoms with Crippen LogP contribution in [0.15, 0.2) is 48.5 Å². The number of halogens is 3. The smallest absolute Gasteiger partial charge is 0.497 e. The van der Waals surface area contributed by atoms with Gasteiger partial charge < -0.3 is 20.1 Å². The van der Waals surface area contributed by atoms with Gasteiger partial charge in [-0.05, 0) is 29.8 Å². The number of anilines is 1. The lowest BCUT2D eigenvalue weighted by atomic mass is 10.2. The van der Waals surface area contributed by atoms with Crippen molar-refractivity contribution >= 4 is 11.6 Å². The van der Waals surface area contributed by atoms with Gasteiger partial charge >= 0.3 is 6.36 Å². The van der Waals surface area contributed by atoms with E-state index in [4.69, 9.17) is 4.74 Å². The lowest BCUT2D eigenvalue weighted by Gasteiger charge is -2.14. The highest BCUT2D eigenvalue weighted by molar-refractivity contribution is 5.81. The number of para-hydroxylation sites is 2. The maximum atomic E-state index is 12.3. The highest BCUT2D eigenvalue weighted by Gasteiger charge is 2.32. The second-order valence-electron chi connectivity index (χ2n) is 5.02. The molecule has 0 unspecified atom stereocenters. The van der Waals surface area contributed by atoms with Gasteiger partial charge in [-0.1, -0.05) is 24.3 Å². The minimum atomic E-state index is -4.80. The maximum Gasteiger partial charge on any atom is 0.573 e. The molecule has 0 radical (unpaired) electrons. The van der Waals surface area contributed by atoms with E-state index in [9.17, 15) is 18.0 Å². The van der Waals surface area contributed by atoms with Crippen LogP contribution in [0.5, 0.6) is 11.5 Å². The van der Waals surface area contributed by atoms with E-state index in [-0.39, 0.29) is 18.1 Å². The number of alkyl halides is 3. The normalized spacial score (nSPS) is 10.9. The molecule has 25 heavy (non-hydrogen) atoms. The number of carbonyl (C=O) groups excluding carboxylic acids is 1. The predicted molar refractivity (Wildman–Crippen MR) is 86.5 cm³/mol. The SMILES string of the molecule is COc1ccc(CNC(=O)CNc2ccccc2OC(F)(F)F)cc1. The van der Waals surface area contributed by atoms with E-state index >= 15 is 0 Å². The van der Waals surface area contributed by atoms with Crippen LogP contribution < -0.4 is 20.1 Å². The van der Waals surface area contributed by atoms with Crippen molar-refractivity contribution in [2.45, 2.75) is 12.9 Å². The van der Waals surface area contributed by atoms with Crippen molar-refractivity contribution in [3.05, 3.63) is 54.1 Å². The second kappa shape index (κ2) is 8.27. The molecule has 0 aliphatic rings. The minimum absolute atomic E-state index is 0.0828. The van der Waals surface area contributed by atoms with Crippen LogP contribution in [0.25, 0.3) is 0 Å². The highest BCUT2D eigenvalue weighted by Crippen LogP contribution is 2.29. The third-order valence-corrected chi connectivity index (χ3v) is 3.20. The van der Waals surface area contributed by atoms with Gasteiger partial charge in [-0.3, -0.25) is 4.79 Å². The Morgan fingerprint density at radius 1 is 1.08 bits per heavy atom. The molecular weight excluding hydrogens is 337 g/mol. The van der Waals surface area contributed by atoms with Crippen LogP contribution in [0.2, 0.25) is 0 Å². The average Bonchev–Trinajstić information content (AvgIpc) is 2.58. The van der Waals surface area contributed by atoms with E-state index in [1.165, 1.54) is 18.2 Å². The Kier molecular flexibility index (Phi) is 6.10. The summed E-state index contributed by atoms with van der Waals surface area (Å²) in [5.41, 5.74) is 0.953. The molecule has 0 saturated carbocycles. The van der Waals surface area contributed by atoms with Gasteiger partial charge in [0, 0.05) is 6.54 Å². The van der Waals surface area contributed by atoms with Crippen LogP contribution >= 0.6 is 0 Å². The van der Waals surface area contributed by atoms with Gasteiger partial charge in [-0.15, -0.1) is 13.2 Å². The number of methoxy groups -OCH3 is 1. The summed E-state index contributed by atoms with van der Waals surface area (Å²) in [6.07, 6.45) is -4.80. The molecule has 0 bridgehead atoms. The van der Waals surface area contributed by atoms with Crippen LogP contribution in [-0.4, -0.2) is 25.9 Å². The van der Waals surface area contributed by atoms with E-state index in [2.05, 4.69) is 15.4 Å². The standard InChI is InChI=1S/C17H17F3N2O3/c1-24-13-8-6-12(7-9-13)10-22-16(23)11-21-14-4-2-3-5-15(14)25-17(18,19)20/h2-9,21H,10-11H2,1H3,(H,22,23). The topological polar surface area (TPSA) is 59.6 Å². The summed E-state index contributed by atoms with van der Waals surface area (Å²) in [5, 5.41) is 5.30. The molecular formula is C17H17F3N2O3. The number of ether oxygens (including phenoxy) is 2. The predicted octanol–water partition coefficient (Wildman–Crippen LogP) is 3.32. The van der Waals surface area contributed by atoms with Crippen molar-refractivity contribution in [1.29, 1.82) is 0 Å². The van der Waals surface area contributed by atoms with Gasteiger partial charge in [0.1, 0.15) is 5.75 Å². The number of hydrogen-bond donors (Lipinski definition) is 2. The molecule has 0 heterocycles. The molecule has 0 aliphatic carbocycles. The summed E-state index contributed by atoms with van der Waals surface area (Å²) >= 11 is 0. The van der Waals surface area contributed by atoms with Gasteiger partial charge in [-0.2, -0.15) is 0 Å². The molecule has 2 aromatic carbocycles. The maximum absolute atomic E-state index is 12.3. The summed E-state index contributed by atoms with van der Waals surface area (Å²) in [6, 6.07) is 12.7. The average molecular weight is 354 g/mol. The van der Waals surface area contributed by atoms with Crippen molar-refractivity contribution in [2.75, 3.05) is 19.0 Å². The molecule has 0 fully saturated rings. The monoisotopic (exact) mass is 354 g/mol. The summed E-state index contributed by atoms with van der Waals surface area (Å²) in [6.45, 7) is 0.111. The van der Waals surface area contributed by atoms with E-state index in [0.717, 1.165) is 5.56 Å². The van der Waals surface area contributed by atoms with E-state index < -0.39 is 12.1 Å². The van der Waals surface area contributed by atoms with Gasteiger partial charge in [-0.25, -0.2) is 0 Å². The molecule has 134 valence electrons. The molecule has 0 aliphatic heterocycles. The summed E-state index contributed by atoms with van der Waals surface area (Å²) < 4.78 is 46.0. The van der Waals surface area contributed by atoms with Crippen molar-refractivity contribution in [3.8, 4) is 11.5 Å². The number of hydrogen-bond acceptors (Lipinski definition) is 4. The van der Waals surface area contributed by atoms with Crippen LogP contribution in [0, 0.1) is 0 Å². The molecule has 0 atom stereocenters. The zero-order valence-corrected chi connectivity index (χ0v) is 13.4. The van der Waals surface area contributed by atoms with Gasteiger partial charge in [0.05, 0.1) is 19.3 Å². The van der Waals surface area contributed by atoms with Gasteiger partial charge in [0.15, 0.2) is 5.75 Å². The van der Waals surface area contributed by atoms with Crippen molar-refractivity contribution in [2.24, 2.45) is 0 Å². The fourth-order valence-electron chi connectivity index (χ4n) is 2.01. The van der Waals surface area contributed by atoms with E-state index in [1.807, 2.05) is 0 Å². The lowest BCUT2D eigenvalue weighted by molar-refractivity contribution is -0.274. The third-order valence-electron chi connectivity index (χ3n) is 3.20. The Hall–Kier alpha value is -2.90. The van der Waals surface area contributed by atoms with Gasteiger partial charge in [0.2, 0.25) is 5.91 Å². The Labute approximate surface area is 142 Å². The first-order valence-electron chi connectivity index (χ1n) is 7.35. The number of rotatable bonds is 7. The Bertz CT molecular complexity index is 703. The Morgan fingerprint density at radius 2 is 1.76 bits per heavy atom.